The lowest BCUT2D eigenvalue weighted by molar-refractivity contribution is -0.141. The van der Waals surface area contributed by atoms with E-state index in [2.05, 4.69) is 10.1 Å². The number of piperazine rings is 1. The van der Waals surface area contributed by atoms with Crippen molar-refractivity contribution in [2.75, 3.05) is 13.1 Å². The number of amides is 2. The largest absolute Gasteiger partial charge is 0.339 e. The van der Waals surface area contributed by atoms with Crippen molar-refractivity contribution in [2.45, 2.75) is 25.9 Å². The maximum atomic E-state index is 13.3. The van der Waals surface area contributed by atoms with E-state index in [9.17, 15) is 9.59 Å². The standard InChI is InChI=1S/C20H20N4O3S/c1-14-21-18(27-22-14)11-17-20(26)23(12-15-5-3-2-4-6-15)8-9-24(17)19(25)16-7-10-28-13-16/h2-7,10,13,17H,8-9,11-12H2,1H3. The van der Waals surface area contributed by atoms with Gasteiger partial charge in [-0.25, -0.2) is 0 Å². The molecule has 0 aliphatic carbocycles. The van der Waals surface area contributed by atoms with Crippen molar-refractivity contribution in [3.8, 4) is 0 Å². The summed E-state index contributed by atoms with van der Waals surface area (Å²) < 4.78 is 5.22. The third-order valence-corrected chi connectivity index (χ3v) is 5.45. The number of aromatic nitrogens is 2. The van der Waals surface area contributed by atoms with Gasteiger partial charge in [-0.1, -0.05) is 35.5 Å². The molecule has 1 saturated heterocycles. The molecule has 1 unspecified atom stereocenters. The molecule has 1 atom stereocenters. The Morgan fingerprint density at radius 3 is 2.75 bits per heavy atom. The number of carbonyl (C=O) groups is 2. The monoisotopic (exact) mass is 396 g/mol. The topological polar surface area (TPSA) is 79.5 Å². The Morgan fingerprint density at radius 1 is 1.25 bits per heavy atom. The molecule has 28 heavy (non-hydrogen) atoms. The quantitative estimate of drug-likeness (QED) is 0.662. The number of aryl methyl sites for hydroxylation is 1. The van der Waals surface area contributed by atoms with Gasteiger partial charge in [0.1, 0.15) is 6.04 Å². The highest BCUT2D eigenvalue weighted by molar-refractivity contribution is 7.08. The van der Waals surface area contributed by atoms with Gasteiger partial charge in [0, 0.05) is 25.0 Å². The Balaban J connectivity index is 1.58. The molecule has 1 aromatic carbocycles. The predicted octanol–water partition coefficient (Wildman–Crippen LogP) is 2.54. The smallest absolute Gasteiger partial charge is 0.255 e. The number of hydrogen-bond donors (Lipinski definition) is 0. The van der Waals surface area contributed by atoms with Crippen LogP contribution in [-0.2, 0) is 17.8 Å². The minimum atomic E-state index is -0.662. The van der Waals surface area contributed by atoms with Gasteiger partial charge in [0.25, 0.3) is 5.91 Å². The summed E-state index contributed by atoms with van der Waals surface area (Å²) in [5.41, 5.74) is 1.65. The van der Waals surface area contributed by atoms with Crippen LogP contribution in [0.15, 0.2) is 51.7 Å². The first-order chi connectivity index (χ1) is 13.6. The summed E-state index contributed by atoms with van der Waals surface area (Å²) in [6, 6.07) is 11.0. The summed E-state index contributed by atoms with van der Waals surface area (Å²) in [6.07, 6.45) is 0.209. The Bertz CT molecular complexity index is 955. The van der Waals surface area contributed by atoms with Gasteiger partial charge >= 0.3 is 0 Å². The molecule has 144 valence electrons. The van der Waals surface area contributed by atoms with Crippen molar-refractivity contribution in [3.63, 3.8) is 0 Å². The van der Waals surface area contributed by atoms with Crippen molar-refractivity contribution in [3.05, 3.63) is 70.0 Å². The van der Waals surface area contributed by atoms with E-state index in [0.717, 1.165) is 5.56 Å². The Hall–Kier alpha value is -3.00. The fourth-order valence-electron chi connectivity index (χ4n) is 3.38. The number of rotatable bonds is 5. The lowest BCUT2D eigenvalue weighted by Gasteiger charge is -2.40. The SMILES string of the molecule is Cc1noc(CC2C(=O)N(Cc3ccccc3)CCN2C(=O)c2ccsc2)n1. The lowest BCUT2D eigenvalue weighted by Crippen LogP contribution is -2.59. The summed E-state index contributed by atoms with van der Waals surface area (Å²) in [5.74, 6) is 0.625. The first kappa shape index (κ1) is 18.4. The fraction of sp³-hybridized carbons (Fsp3) is 0.300. The van der Waals surface area contributed by atoms with E-state index in [-0.39, 0.29) is 18.2 Å². The molecule has 4 rings (SSSR count). The van der Waals surface area contributed by atoms with E-state index in [1.807, 2.05) is 35.7 Å². The van der Waals surface area contributed by atoms with Gasteiger partial charge in [-0.05, 0) is 23.9 Å². The molecule has 1 aliphatic rings. The maximum Gasteiger partial charge on any atom is 0.255 e. The molecule has 3 aromatic rings. The van der Waals surface area contributed by atoms with E-state index < -0.39 is 6.04 Å². The molecule has 3 heterocycles. The Labute approximate surface area is 166 Å². The van der Waals surface area contributed by atoms with Gasteiger partial charge in [-0.3, -0.25) is 9.59 Å². The predicted molar refractivity (Wildman–Crippen MR) is 104 cm³/mol. The normalized spacial score (nSPS) is 17.2. The second-order valence-electron chi connectivity index (χ2n) is 6.71. The molecular formula is C20H20N4O3S. The van der Waals surface area contributed by atoms with Crippen LogP contribution in [0.4, 0.5) is 0 Å². The third kappa shape index (κ3) is 3.82. The van der Waals surface area contributed by atoms with Gasteiger partial charge in [0.05, 0.1) is 12.0 Å². The van der Waals surface area contributed by atoms with Crippen molar-refractivity contribution in [2.24, 2.45) is 0 Å². The van der Waals surface area contributed by atoms with E-state index in [1.54, 1.807) is 28.2 Å². The average molecular weight is 396 g/mol. The molecule has 7 nitrogen and oxygen atoms in total. The summed E-state index contributed by atoms with van der Waals surface area (Å²) in [7, 11) is 0. The molecule has 2 amide bonds. The van der Waals surface area contributed by atoms with E-state index in [1.165, 1.54) is 11.3 Å². The van der Waals surface area contributed by atoms with Gasteiger partial charge in [0.15, 0.2) is 5.82 Å². The highest BCUT2D eigenvalue weighted by Crippen LogP contribution is 2.21. The molecular weight excluding hydrogens is 376 g/mol. The number of hydrogen-bond acceptors (Lipinski definition) is 6. The molecule has 0 spiro atoms. The van der Waals surface area contributed by atoms with Gasteiger partial charge in [0.2, 0.25) is 11.8 Å². The van der Waals surface area contributed by atoms with Crippen molar-refractivity contribution in [1.82, 2.24) is 19.9 Å². The molecule has 2 aromatic heterocycles. The number of nitrogens with zero attached hydrogens (tertiary/aromatic N) is 4. The van der Waals surface area contributed by atoms with Gasteiger partial charge in [-0.15, -0.1) is 0 Å². The van der Waals surface area contributed by atoms with E-state index >= 15 is 0 Å². The second-order valence-corrected chi connectivity index (χ2v) is 7.49. The van der Waals surface area contributed by atoms with Crippen molar-refractivity contribution < 1.29 is 14.1 Å². The molecule has 0 bridgehead atoms. The van der Waals surface area contributed by atoms with Crippen LogP contribution in [0.3, 0.4) is 0 Å². The molecule has 0 radical (unpaired) electrons. The zero-order valence-electron chi connectivity index (χ0n) is 15.4. The summed E-state index contributed by atoms with van der Waals surface area (Å²) in [5, 5.41) is 7.46. The van der Waals surface area contributed by atoms with Crippen LogP contribution >= 0.6 is 11.3 Å². The summed E-state index contributed by atoms with van der Waals surface area (Å²) in [4.78, 5) is 33.9. The third-order valence-electron chi connectivity index (χ3n) is 4.77. The number of benzene rings is 1. The number of thiophene rings is 1. The van der Waals surface area contributed by atoms with Gasteiger partial charge in [-0.2, -0.15) is 16.3 Å². The average Bonchev–Trinajstić information content (AvgIpc) is 3.37. The minimum Gasteiger partial charge on any atom is -0.339 e. The van der Waals surface area contributed by atoms with Crippen LogP contribution in [0.5, 0.6) is 0 Å². The summed E-state index contributed by atoms with van der Waals surface area (Å²) in [6.45, 7) is 3.19. The van der Waals surface area contributed by atoms with Crippen LogP contribution < -0.4 is 0 Å². The van der Waals surface area contributed by atoms with Crippen LogP contribution in [0.1, 0.15) is 27.6 Å². The fourth-order valence-corrected chi connectivity index (χ4v) is 4.01. The maximum absolute atomic E-state index is 13.3. The highest BCUT2D eigenvalue weighted by atomic mass is 32.1. The Morgan fingerprint density at radius 2 is 2.07 bits per heavy atom. The molecule has 0 saturated carbocycles. The van der Waals surface area contributed by atoms with Crippen LogP contribution in [-0.4, -0.2) is 50.9 Å². The zero-order chi connectivity index (χ0) is 19.5. The van der Waals surface area contributed by atoms with Crippen molar-refractivity contribution in [1.29, 1.82) is 0 Å². The molecule has 8 heteroatoms. The van der Waals surface area contributed by atoms with Crippen LogP contribution in [0, 0.1) is 6.92 Å². The van der Waals surface area contributed by atoms with Gasteiger partial charge < -0.3 is 14.3 Å². The molecule has 1 fully saturated rings. The zero-order valence-corrected chi connectivity index (χ0v) is 16.3. The highest BCUT2D eigenvalue weighted by Gasteiger charge is 2.39. The first-order valence-corrected chi connectivity index (χ1v) is 10.0. The van der Waals surface area contributed by atoms with Crippen molar-refractivity contribution >= 4 is 23.2 Å². The van der Waals surface area contributed by atoms with E-state index in [0.29, 0.717) is 36.9 Å². The number of carbonyl (C=O) groups excluding carboxylic acids is 2. The Kier molecular flexibility index (Phi) is 5.21. The van der Waals surface area contributed by atoms with E-state index in [4.69, 9.17) is 4.52 Å². The first-order valence-electron chi connectivity index (χ1n) is 9.07. The minimum absolute atomic E-state index is 0.102. The van der Waals surface area contributed by atoms with Crippen LogP contribution in [0.2, 0.25) is 0 Å². The van der Waals surface area contributed by atoms with Crippen LogP contribution in [0.25, 0.3) is 0 Å². The summed E-state index contributed by atoms with van der Waals surface area (Å²) >= 11 is 1.46. The molecule has 0 N–H and O–H groups in total. The second kappa shape index (κ2) is 7.93. The molecule has 1 aliphatic heterocycles. The lowest BCUT2D eigenvalue weighted by atomic mass is 10.0.